The lowest BCUT2D eigenvalue weighted by molar-refractivity contribution is 0.267. The molecule has 2 rings (SSSR count). The second-order valence-corrected chi connectivity index (χ2v) is 4.57. The highest BCUT2D eigenvalue weighted by atomic mass is 15.1. The molecular weight excluding hydrogens is 196 g/mol. The van der Waals surface area contributed by atoms with Gasteiger partial charge in [0.05, 0.1) is 0 Å². The van der Waals surface area contributed by atoms with Gasteiger partial charge in [-0.25, -0.2) is 0 Å². The fraction of sp³-hybridized carbons (Fsp3) is 0.571. The fourth-order valence-corrected chi connectivity index (χ4v) is 2.50. The summed E-state index contributed by atoms with van der Waals surface area (Å²) in [6, 6.07) is 6.76. The molecule has 0 bridgehead atoms. The van der Waals surface area contributed by atoms with E-state index in [1.54, 1.807) is 11.1 Å². The van der Waals surface area contributed by atoms with Gasteiger partial charge in [0.25, 0.3) is 0 Å². The standard InChI is InChI=1S/C14H22N2/c1-2-16-10-8-13-6-3-5-12(7-4-9-15)14(13)11-16/h3,5-6H,2,4,7-11,15H2,1H3. The molecule has 1 aromatic carbocycles. The molecule has 0 aliphatic carbocycles. The average molecular weight is 218 g/mol. The van der Waals surface area contributed by atoms with E-state index in [2.05, 4.69) is 30.0 Å². The Hall–Kier alpha value is -0.860. The molecular formula is C14H22N2. The van der Waals surface area contributed by atoms with Crippen molar-refractivity contribution in [1.29, 1.82) is 0 Å². The number of fused-ring (bicyclic) bond motifs is 1. The van der Waals surface area contributed by atoms with Crippen molar-refractivity contribution in [3.8, 4) is 0 Å². The van der Waals surface area contributed by atoms with Gasteiger partial charge in [0.2, 0.25) is 0 Å². The molecule has 2 N–H and O–H groups in total. The molecule has 1 heterocycles. The van der Waals surface area contributed by atoms with Gasteiger partial charge in [0.1, 0.15) is 0 Å². The molecule has 0 fully saturated rings. The van der Waals surface area contributed by atoms with Crippen LogP contribution in [0.3, 0.4) is 0 Å². The van der Waals surface area contributed by atoms with Crippen molar-refractivity contribution in [3.05, 3.63) is 34.9 Å². The minimum absolute atomic E-state index is 0.793. The monoisotopic (exact) mass is 218 g/mol. The van der Waals surface area contributed by atoms with Crippen LogP contribution in [0.2, 0.25) is 0 Å². The predicted octanol–water partition coefficient (Wildman–Crippen LogP) is 1.96. The van der Waals surface area contributed by atoms with E-state index in [1.165, 1.54) is 18.5 Å². The van der Waals surface area contributed by atoms with E-state index in [0.717, 1.165) is 32.5 Å². The molecule has 1 aromatic rings. The molecule has 88 valence electrons. The maximum absolute atomic E-state index is 5.60. The molecule has 0 saturated heterocycles. The summed E-state index contributed by atoms with van der Waals surface area (Å²) in [6.07, 6.45) is 3.44. The molecule has 0 spiro atoms. The smallest absolute Gasteiger partial charge is 0.0239 e. The van der Waals surface area contributed by atoms with Gasteiger partial charge in [-0.05, 0) is 49.0 Å². The van der Waals surface area contributed by atoms with E-state index in [4.69, 9.17) is 5.73 Å². The number of nitrogens with zero attached hydrogens (tertiary/aromatic N) is 1. The summed E-state index contributed by atoms with van der Waals surface area (Å²) in [6.45, 7) is 6.54. The van der Waals surface area contributed by atoms with E-state index < -0.39 is 0 Å². The molecule has 16 heavy (non-hydrogen) atoms. The van der Waals surface area contributed by atoms with Crippen LogP contribution in [0.1, 0.15) is 30.0 Å². The molecule has 1 aliphatic heterocycles. The molecule has 1 aliphatic rings. The van der Waals surface area contributed by atoms with E-state index in [-0.39, 0.29) is 0 Å². The Morgan fingerprint density at radius 1 is 1.38 bits per heavy atom. The van der Waals surface area contributed by atoms with E-state index >= 15 is 0 Å². The third-order valence-electron chi connectivity index (χ3n) is 3.55. The van der Waals surface area contributed by atoms with Crippen LogP contribution in [-0.4, -0.2) is 24.5 Å². The summed E-state index contributed by atoms with van der Waals surface area (Å²) in [5.74, 6) is 0. The van der Waals surface area contributed by atoms with Crippen LogP contribution < -0.4 is 5.73 Å². The zero-order valence-corrected chi connectivity index (χ0v) is 10.2. The van der Waals surface area contributed by atoms with E-state index in [0.29, 0.717) is 0 Å². The van der Waals surface area contributed by atoms with E-state index in [1.807, 2.05) is 0 Å². The van der Waals surface area contributed by atoms with Crippen LogP contribution in [-0.2, 0) is 19.4 Å². The Labute approximate surface area is 98.4 Å². The van der Waals surface area contributed by atoms with Gasteiger partial charge < -0.3 is 5.73 Å². The Balaban J connectivity index is 2.20. The predicted molar refractivity (Wildman–Crippen MR) is 68.5 cm³/mol. The van der Waals surface area contributed by atoms with Crippen LogP contribution in [0.15, 0.2) is 18.2 Å². The second kappa shape index (κ2) is 5.46. The first-order valence-corrected chi connectivity index (χ1v) is 6.37. The van der Waals surface area contributed by atoms with Gasteiger partial charge in [-0.1, -0.05) is 25.1 Å². The number of benzene rings is 1. The highest BCUT2D eigenvalue weighted by molar-refractivity contribution is 5.37. The van der Waals surface area contributed by atoms with Gasteiger partial charge in [-0.3, -0.25) is 4.90 Å². The topological polar surface area (TPSA) is 29.3 Å². The number of nitrogens with two attached hydrogens (primary N) is 1. The number of rotatable bonds is 4. The lowest BCUT2D eigenvalue weighted by atomic mass is 9.93. The summed E-state index contributed by atoms with van der Waals surface area (Å²) in [5.41, 5.74) is 10.2. The van der Waals surface area contributed by atoms with Crippen molar-refractivity contribution in [2.75, 3.05) is 19.6 Å². The highest BCUT2D eigenvalue weighted by Gasteiger charge is 2.16. The largest absolute Gasteiger partial charge is 0.330 e. The number of aryl methyl sites for hydroxylation is 1. The van der Waals surface area contributed by atoms with Gasteiger partial charge >= 0.3 is 0 Å². The average Bonchev–Trinajstić information content (AvgIpc) is 2.35. The Morgan fingerprint density at radius 3 is 3.00 bits per heavy atom. The van der Waals surface area contributed by atoms with Crippen molar-refractivity contribution >= 4 is 0 Å². The zero-order valence-electron chi connectivity index (χ0n) is 10.2. The summed E-state index contributed by atoms with van der Waals surface area (Å²) in [4.78, 5) is 2.52. The number of hydrogen-bond acceptors (Lipinski definition) is 2. The van der Waals surface area contributed by atoms with Gasteiger partial charge in [-0.2, -0.15) is 0 Å². The first-order valence-electron chi connectivity index (χ1n) is 6.37. The number of likely N-dealkylation sites (N-methyl/N-ethyl adjacent to an activating group) is 1. The molecule has 0 amide bonds. The second-order valence-electron chi connectivity index (χ2n) is 4.57. The Kier molecular flexibility index (Phi) is 3.97. The van der Waals surface area contributed by atoms with Gasteiger partial charge in [0.15, 0.2) is 0 Å². The molecule has 0 atom stereocenters. The van der Waals surface area contributed by atoms with Crippen LogP contribution in [0.4, 0.5) is 0 Å². The summed E-state index contributed by atoms with van der Waals surface area (Å²) in [5, 5.41) is 0. The van der Waals surface area contributed by atoms with Crippen molar-refractivity contribution in [3.63, 3.8) is 0 Å². The molecule has 0 saturated carbocycles. The lowest BCUT2D eigenvalue weighted by Crippen LogP contribution is -2.31. The number of hydrogen-bond donors (Lipinski definition) is 1. The maximum atomic E-state index is 5.60. The first kappa shape index (κ1) is 11.6. The minimum atomic E-state index is 0.793. The molecule has 2 heteroatoms. The highest BCUT2D eigenvalue weighted by Crippen LogP contribution is 2.23. The van der Waals surface area contributed by atoms with Crippen LogP contribution in [0.25, 0.3) is 0 Å². The van der Waals surface area contributed by atoms with Gasteiger partial charge in [0, 0.05) is 13.1 Å². The normalized spacial score (nSPS) is 16.1. The Bertz CT molecular complexity index is 347. The molecule has 0 aromatic heterocycles. The van der Waals surface area contributed by atoms with E-state index in [9.17, 15) is 0 Å². The minimum Gasteiger partial charge on any atom is -0.330 e. The quantitative estimate of drug-likeness (QED) is 0.837. The third kappa shape index (κ3) is 2.45. The molecule has 0 radical (unpaired) electrons. The molecule has 2 nitrogen and oxygen atoms in total. The van der Waals surface area contributed by atoms with Gasteiger partial charge in [-0.15, -0.1) is 0 Å². The van der Waals surface area contributed by atoms with Crippen molar-refractivity contribution in [2.24, 2.45) is 5.73 Å². The SMILES string of the molecule is CCN1CCc2cccc(CCCN)c2C1. The van der Waals surface area contributed by atoms with Crippen molar-refractivity contribution in [2.45, 2.75) is 32.7 Å². The van der Waals surface area contributed by atoms with Crippen molar-refractivity contribution in [1.82, 2.24) is 4.90 Å². The van der Waals surface area contributed by atoms with Crippen LogP contribution >= 0.6 is 0 Å². The first-order chi connectivity index (χ1) is 7.85. The van der Waals surface area contributed by atoms with Crippen LogP contribution in [0, 0.1) is 0 Å². The Morgan fingerprint density at radius 2 is 2.25 bits per heavy atom. The zero-order chi connectivity index (χ0) is 11.4. The molecule has 0 unspecified atom stereocenters. The maximum Gasteiger partial charge on any atom is 0.0239 e. The van der Waals surface area contributed by atoms with Crippen molar-refractivity contribution < 1.29 is 0 Å². The lowest BCUT2D eigenvalue weighted by Gasteiger charge is -2.29. The third-order valence-corrected chi connectivity index (χ3v) is 3.55. The fourth-order valence-electron chi connectivity index (χ4n) is 2.50. The van der Waals surface area contributed by atoms with Crippen LogP contribution in [0.5, 0.6) is 0 Å². The summed E-state index contributed by atoms with van der Waals surface area (Å²) < 4.78 is 0. The summed E-state index contributed by atoms with van der Waals surface area (Å²) >= 11 is 0. The summed E-state index contributed by atoms with van der Waals surface area (Å²) in [7, 11) is 0.